The van der Waals surface area contributed by atoms with Crippen LogP contribution in [0.4, 0.5) is 10.6 Å². The molecule has 5 rings (SSSR count). The fraction of sp³-hybridized carbons (Fsp3) is 0.406. The first-order chi connectivity index (χ1) is 19.4. The number of nitrogens with zero attached hydrogens (tertiary/aromatic N) is 3. The maximum absolute atomic E-state index is 13.2. The third-order valence-electron chi connectivity index (χ3n) is 7.70. The second-order valence-corrected chi connectivity index (χ2v) is 10.4. The molecular formula is C32H37N3O5. The van der Waals surface area contributed by atoms with E-state index in [1.54, 1.807) is 12.0 Å². The van der Waals surface area contributed by atoms with E-state index >= 15 is 0 Å². The van der Waals surface area contributed by atoms with Gasteiger partial charge in [0.1, 0.15) is 17.7 Å². The number of hydrogen-bond donors (Lipinski definition) is 0. The van der Waals surface area contributed by atoms with E-state index in [9.17, 15) is 9.59 Å². The molecule has 40 heavy (non-hydrogen) atoms. The monoisotopic (exact) mass is 543 g/mol. The standard InChI is InChI=1S/C32H37N3O5/c1-5-39-30(36)15-11-23-10-13-28(38-4)26(19-23)25-12-14-29(34-16-7-17-34)33-27(25)20-35-22(3)31(40-32(35)37)24-9-6-8-21(2)18-24/h6,8-10,12-14,18-19,22,31H,5,7,11,15-17,20H2,1-4H3/t22-,31-/m0/s1. The summed E-state index contributed by atoms with van der Waals surface area (Å²) >= 11 is 0. The summed E-state index contributed by atoms with van der Waals surface area (Å²) in [6.07, 6.45) is 1.29. The van der Waals surface area contributed by atoms with Crippen molar-refractivity contribution in [3.8, 4) is 16.9 Å². The minimum absolute atomic E-state index is 0.172. The van der Waals surface area contributed by atoms with Crippen molar-refractivity contribution < 1.29 is 23.8 Å². The van der Waals surface area contributed by atoms with Crippen LogP contribution in [0.15, 0.2) is 54.6 Å². The Hall–Kier alpha value is -4.07. The Morgan fingerprint density at radius 2 is 1.93 bits per heavy atom. The van der Waals surface area contributed by atoms with Gasteiger partial charge in [0.2, 0.25) is 0 Å². The number of rotatable bonds is 10. The highest BCUT2D eigenvalue weighted by Gasteiger charge is 2.40. The highest BCUT2D eigenvalue weighted by atomic mass is 16.6. The number of carbonyl (C=O) groups is 2. The van der Waals surface area contributed by atoms with Gasteiger partial charge in [-0.3, -0.25) is 9.69 Å². The van der Waals surface area contributed by atoms with Gasteiger partial charge in [-0.15, -0.1) is 0 Å². The van der Waals surface area contributed by atoms with Gasteiger partial charge in [0.05, 0.1) is 32.0 Å². The van der Waals surface area contributed by atoms with Gasteiger partial charge < -0.3 is 19.1 Å². The van der Waals surface area contributed by atoms with E-state index in [0.717, 1.165) is 58.8 Å². The smallest absolute Gasteiger partial charge is 0.411 e. The van der Waals surface area contributed by atoms with Crippen LogP contribution in [0.2, 0.25) is 0 Å². The van der Waals surface area contributed by atoms with E-state index in [2.05, 4.69) is 17.0 Å². The number of aryl methyl sites for hydroxylation is 2. The van der Waals surface area contributed by atoms with E-state index in [1.165, 1.54) is 0 Å². The molecule has 3 heterocycles. The third kappa shape index (κ3) is 5.76. The lowest BCUT2D eigenvalue weighted by molar-refractivity contribution is -0.143. The summed E-state index contributed by atoms with van der Waals surface area (Å²) in [4.78, 5) is 34.2. The van der Waals surface area contributed by atoms with Crippen LogP contribution in [0.1, 0.15) is 55.2 Å². The van der Waals surface area contributed by atoms with Crippen molar-refractivity contribution in [3.63, 3.8) is 0 Å². The molecule has 0 unspecified atom stereocenters. The number of pyridine rings is 1. The summed E-state index contributed by atoms with van der Waals surface area (Å²) < 4.78 is 16.7. The lowest BCUT2D eigenvalue weighted by Gasteiger charge is -2.33. The summed E-state index contributed by atoms with van der Waals surface area (Å²) in [5.41, 5.74) is 5.64. The van der Waals surface area contributed by atoms with E-state index in [4.69, 9.17) is 19.2 Å². The highest BCUT2D eigenvalue weighted by molar-refractivity contribution is 5.76. The van der Waals surface area contributed by atoms with Crippen LogP contribution in [-0.2, 0) is 27.2 Å². The van der Waals surface area contributed by atoms with Crippen molar-refractivity contribution in [2.45, 2.75) is 58.7 Å². The minimum Gasteiger partial charge on any atom is -0.496 e. The molecule has 0 spiro atoms. The summed E-state index contributed by atoms with van der Waals surface area (Å²) in [5, 5.41) is 0. The molecule has 2 aromatic carbocycles. The van der Waals surface area contributed by atoms with Crippen molar-refractivity contribution in [1.82, 2.24) is 9.88 Å². The van der Waals surface area contributed by atoms with E-state index in [1.807, 2.05) is 63.2 Å². The number of aromatic nitrogens is 1. The first kappa shape index (κ1) is 27.5. The Morgan fingerprint density at radius 1 is 1.10 bits per heavy atom. The number of amides is 1. The molecule has 8 nitrogen and oxygen atoms in total. The highest BCUT2D eigenvalue weighted by Crippen LogP contribution is 2.38. The molecule has 1 aromatic heterocycles. The molecule has 1 amide bonds. The summed E-state index contributed by atoms with van der Waals surface area (Å²) in [7, 11) is 1.64. The summed E-state index contributed by atoms with van der Waals surface area (Å²) in [6, 6.07) is 18.0. The van der Waals surface area contributed by atoms with Crippen LogP contribution in [0.3, 0.4) is 0 Å². The van der Waals surface area contributed by atoms with Crippen molar-refractivity contribution in [1.29, 1.82) is 0 Å². The molecule has 2 saturated heterocycles. The Morgan fingerprint density at radius 3 is 2.62 bits per heavy atom. The average Bonchev–Trinajstić information content (AvgIpc) is 3.19. The molecule has 2 aliphatic heterocycles. The number of hydrogen-bond acceptors (Lipinski definition) is 7. The Labute approximate surface area is 235 Å². The van der Waals surface area contributed by atoms with E-state index in [0.29, 0.717) is 31.7 Å². The fourth-order valence-corrected chi connectivity index (χ4v) is 5.35. The Bertz CT molecular complexity index is 1390. The quantitative estimate of drug-likeness (QED) is 0.297. The zero-order valence-electron chi connectivity index (χ0n) is 23.7. The molecule has 2 atom stereocenters. The molecule has 0 saturated carbocycles. The van der Waals surface area contributed by atoms with Gasteiger partial charge in [0.25, 0.3) is 0 Å². The molecule has 0 N–H and O–H groups in total. The molecule has 3 aromatic rings. The van der Waals surface area contributed by atoms with Gasteiger partial charge in [0.15, 0.2) is 0 Å². The minimum atomic E-state index is -0.352. The van der Waals surface area contributed by atoms with Crippen molar-refractivity contribution in [2.24, 2.45) is 0 Å². The van der Waals surface area contributed by atoms with Gasteiger partial charge in [-0.25, -0.2) is 9.78 Å². The topological polar surface area (TPSA) is 81.2 Å². The molecule has 8 heteroatoms. The van der Waals surface area contributed by atoms with E-state index < -0.39 is 0 Å². The lowest BCUT2D eigenvalue weighted by Crippen LogP contribution is -2.38. The van der Waals surface area contributed by atoms with Crippen molar-refractivity contribution in [2.75, 3.05) is 31.7 Å². The maximum Gasteiger partial charge on any atom is 0.411 e. The molecule has 210 valence electrons. The van der Waals surface area contributed by atoms with Gasteiger partial charge in [-0.1, -0.05) is 35.9 Å². The zero-order valence-corrected chi connectivity index (χ0v) is 23.7. The second kappa shape index (κ2) is 12.0. The molecule has 2 aliphatic rings. The SMILES string of the molecule is CCOC(=O)CCc1ccc(OC)c(-c2ccc(N3CCC3)nc2CN2C(=O)O[C@H](c3cccc(C)c3)[C@@H]2C)c1. The van der Waals surface area contributed by atoms with Crippen LogP contribution >= 0.6 is 0 Å². The summed E-state index contributed by atoms with van der Waals surface area (Å²) in [6.45, 7) is 8.47. The Kier molecular flexibility index (Phi) is 8.24. The molecule has 0 radical (unpaired) electrons. The van der Waals surface area contributed by atoms with Crippen molar-refractivity contribution >= 4 is 17.9 Å². The second-order valence-electron chi connectivity index (χ2n) is 10.4. The average molecular weight is 544 g/mol. The number of benzene rings is 2. The molecule has 0 bridgehead atoms. The van der Waals surface area contributed by atoms with Gasteiger partial charge in [-0.05, 0) is 69.0 Å². The zero-order chi connectivity index (χ0) is 28.2. The predicted octanol–water partition coefficient (Wildman–Crippen LogP) is 5.85. The number of esters is 1. The molecular weight excluding hydrogens is 506 g/mol. The predicted molar refractivity (Wildman–Crippen MR) is 153 cm³/mol. The third-order valence-corrected chi connectivity index (χ3v) is 7.70. The van der Waals surface area contributed by atoms with Gasteiger partial charge >= 0.3 is 12.1 Å². The van der Waals surface area contributed by atoms with Crippen molar-refractivity contribution in [3.05, 3.63) is 77.0 Å². The first-order valence-corrected chi connectivity index (χ1v) is 14.0. The number of carbonyl (C=O) groups excluding carboxylic acids is 2. The number of ether oxygens (including phenoxy) is 3. The normalized spacial score (nSPS) is 18.4. The van der Waals surface area contributed by atoms with E-state index in [-0.39, 0.29) is 24.2 Å². The Balaban J connectivity index is 1.48. The number of cyclic esters (lactones) is 1. The first-order valence-electron chi connectivity index (χ1n) is 14.0. The van der Waals surface area contributed by atoms with Crippen LogP contribution < -0.4 is 9.64 Å². The van der Waals surface area contributed by atoms with Crippen LogP contribution in [-0.4, -0.2) is 54.8 Å². The van der Waals surface area contributed by atoms with Gasteiger partial charge in [0, 0.05) is 30.6 Å². The molecule has 0 aliphatic carbocycles. The lowest BCUT2D eigenvalue weighted by atomic mass is 9.97. The fourth-order valence-electron chi connectivity index (χ4n) is 5.35. The maximum atomic E-state index is 13.2. The molecule has 2 fully saturated rings. The number of methoxy groups -OCH3 is 1. The van der Waals surface area contributed by atoms with Crippen LogP contribution in [0, 0.1) is 6.92 Å². The summed E-state index contributed by atoms with van der Waals surface area (Å²) in [5.74, 6) is 1.39. The van der Waals surface area contributed by atoms with Crippen LogP contribution in [0.5, 0.6) is 5.75 Å². The van der Waals surface area contributed by atoms with Gasteiger partial charge in [-0.2, -0.15) is 0 Å². The van der Waals surface area contributed by atoms with Crippen LogP contribution in [0.25, 0.3) is 11.1 Å². The largest absolute Gasteiger partial charge is 0.496 e. The number of anilines is 1.